The molecule has 0 spiro atoms. The van der Waals surface area contributed by atoms with Crippen LogP contribution in [0.5, 0.6) is 0 Å². The fourth-order valence-electron chi connectivity index (χ4n) is 2.38. The van der Waals surface area contributed by atoms with Crippen molar-refractivity contribution in [1.29, 1.82) is 0 Å². The lowest BCUT2D eigenvalue weighted by Crippen LogP contribution is -2.80. The van der Waals surface area contributed by atoms with Gasteiger partial charge < -0.3 is 19.6 Å². The second-order valence-corrected chi connectivity index (χ2v) is 5.01. The summed E-state index contributed by atoms with van der Waals surface area (Å²) in [5, 5.41) is 9.81. The topological polar surface area (TPSA) is 70.1 Å². The molecule has 1 fully saturated rings. The number of piperazine rings is 1. The number of carbonyl (C=O) groups excluding carboxylic acids is 2. The summed E-state index contributed by atoms with van der Waals surface area (Å²) in [7, 11) is 0.541. The first-order valence-electron chi connectivity index (χ1n) is 6.11. The molecule has 0 bridgehead atoms. The number of amides is 2. The summed E-state index contributed by atoms with van der Waals surface area (Å²) in [5.74, 6) is -2.87. The summed E-state index contributed by atoms with van der Waals surface area (Å²) in [6.45, 7) is -2.40. The molecule has 2 amide bonds. The number of methoxy groups -OCH3 is 1. The zero-order valence-electron chi connectivity index (χ0n) is 12.2. The molecule has 12 heteroatoms. The number of aliphatic hydroxyl groups is 1. The monoisotopic (exact) mass is 352 g/mol. The van der Waals surface area contributed by atoms with Gasteiger partial charge in [-0.15, -0.1) is 0 Å². The fourth-order valence-corrected chi connectivity index (χ4v) is 2.38. The average molecular weight is 352 g/mol. The average Bonchev–Trinajstić information content (AvgIpc) is 2.35. The normalized spacial score (nSPS) is 29.7. The number of ether oxygens (including phenoxy) is 1. The van der Waals surface area contributed by atoms with E-state index in [1.54, 1.807) is 0 Å². The van der Waals surface area contributed by atoms with Crippen molar-refractivity contribution in [3.8, 4) is 0 Å². The lowest BCUT2D eigenvalue weighted by Gasteiger charge is -2.55. The molecule has 0 aliphatic carbocycles. The molecule has 1 heterocycles. The first-order valence-corrected chi connectivity index (χ1v) is 6.11. The van der Waals surface area contributed by atoms with E-state index in [4.69, 9.17) is 0 Å². The summed E-state index contributed by atoms with van der Waals surface area (Å²) in [6.07, 6.45) is -10.8. The summed E-state index contributed by atoms with van der Waals surface area (Å²) in [5.41, 5.74) is -7.46. The molecule has 2 unspecified atom stereocenters. The van der Waals surface area contributed by atoms with Gasteiger partial charge in [-0.25, -0.2) is 0 Å². The number of alkyl halides is 6. The van der Waals surface area contributed by atoms with E-state index in [-0.39, 0.29) is 4.90 Å². The molecule has 1 rings (SSSR count). The van der Waals surface area contributed by atoms with Gasteiger partial charge in [-0.05, 0) is 0 Å². The Kier molecular flexibility index (Phi) is 4.67. The minimum atomic E-state index is -5.49. The minimum Gasteiger partial charge on any atom is -0.362 e. The molecule has 2 atom stereocenters. The maximum Gasteiger partial charge on any atom is 0.438 e. The van der Waals surface area contributed by atoms with Crippen molar-refractivity contribution in [3.05, 3.63) is 0 Å². The Bertz CT molecular complexity index is 508. The molecule has 0 aromatic heterocycles. The van der Waals surface area contributed by atoms with Crippen LogP contribution >= 0.6 is 0 Å². The van der Waals surface area contributed by atoms with Gasteiger partial charge in [-0.2, -0.15) is 26.3 Å². The van der Waals surface area contributed by atoms with Gasteiger partial charge in [0.2, 0.25) is 11.8 Å². The predicted molar refractivity (Wildman–Crippen MR) is 61.6 cm³/mol. The van der Waals surface area contributed by atoms with E-state index < -0.39 is 53.6 Å². The van der Waals surface area contributed by atoms with Crippen molar-refractivity contribution in [3.63, 3.8) is 0 Å². The maximum atomic E-state index is 13.4. The van der Waals surface area contributed by atoms with Crippen LogP contribution < -0.4 is 0 Å². The van der Waals surface area contributed by atoms with Gasteiger partial charge in [-0.1, -0.05) is 0 Å². The molecule has 0 aromatic rings. The van der Waals surface area contributed by atoms with Crippen molar-refractivity contribution >= 4 is 11.8 Å². The van der Waals surface area contributed by atoms with Crippen LogP contribution in [0.4, 0.5) is 26.3 Å². The quantitative estimate of drug-likeness (QED) is 0.711. The molecule has 1 aliphatic heterocycles. The van der Waals surface area contributed by atoms with Crippen LogP contribution in [0.2, 0.25) is 0 Å². The number of carbonyl (C=O) groups is 2. The van der Waals surface area contributed by atoms with Crippen LogP contribution in [-0.4, -0.2) is 70.7 Å². The molecule has 0 radical (unpaired) electrons. The molecule has 134 valence electrons. The largest absolute Gasteiger partial charge is 0.438 e. The van der Waals surface area contributed by atoms with Gasteiger partial charge in [0.05, 0.1) is 13.1 Å². The van der Waals surface area contributed by atoms with Gasteiger partial charge in [0.15, 0.2) is 0 Å². The highest BCUT2D eigenvalue weighted by atomic mass is 19.4. The van der Waals surface area contributed by atoms with Gasteiger partial charge in [-0.3, -0.25) is 9.59 Å². The minimum absolute atomic E-state index is 0.278. The third kappa shape index (κ3) is 2.84. The van der Waals surface area contributed by atoms with E-state index in [0.29, 0.717) is 21.0 Å². The number of β-amino-alcohol motifs (C(OH)–C–C–N with tert-alkyl or cyclic N) is 1. The Morgan fingerprint density at radius 3 is 1.65 bits per heavy atom. The lowest BCUT2D eigenvalue weighted by atomic mass is 9.98. The first-order chi connectivity index (χ1) is 10.1. The van der Waals surface area contributed by atoms with Crippen LogP contribution in [0.15, 0.2) is 0 Å². The van der Waals surface area contributed by atoms with Gasteiger partial charge in [0.25, 0.3) is 11.4 Å². The van der Waals surface area contributed by atoms with Crippen LogP contribution in [0.25, 0.3) is 0 Å². The highest BCUT2D eigenvalue weighted by Crippen LogP contribution is 2.46. The van der Waals surface area contributed by atoms with Gasteiger partial charge in [0, 0.05) is 21.0 Å². The molecule has 0 saturated carbocycles. The van der Waals surface area contributed by atoms with E-state index in [0.717, 1.165) is 0 Å². The van der Waals surface area contributed by atoms with E-state index in [1.165, 1.54) is 0 Å². The molecule has 6 nitrogen and oxygen atoms in total. The lowest BCUT2D eigenvalue weighted by molar-refractivity contribution is -0.387. The second kappa shape index (κ2) is 5.51. The molecule has 0 aromatic carbocycles. The van der Waals surface area contributed by atoms with E-state index >= 15 is 0 Å². The van der Waals surface area contributed by atoms with E-state index in [2.05, 4.69) is 4.74 Å². The highest BCUT2D eigenvalue weighted by molar-refractivity contribution is 5.77. The zero-order chi connectivity index (χ0) is 18.4. The Balaban J connectivity index is 3.58. The summed E-state index contributed by atoms with van der Waals surface area (Å²) < 4.78 is 83.8. The van der Waals surface area contributed by atoms with Crippen LogP contribution in [0, 0.1) is 0 Å². The van der Waals surface area contributed by atoms with Crippen LogP contribution in [0.1, 0.15) is 13.8 Å². The maximum absolute atomic E-state index is 13.4. The van der Waals surface area contributed by atoms with Crippen molar-refractivity contribution in [2.24, 2.45) is 0 Å². The summed E-state index contributed by atoms with van der Waals surface area (Å²) in [6, 6.07) is 0. The Morgan fingerprint density at radius 2 is 1.39 bits per heavy atom. The highest BCUT2D eigenvalue weighted by Gasteiger charge is 2.72. The molecular formula is C11H14F6N2O4. The summed E-state index contributed by atoms with van der Waals surface area (Å²) in [4.78, 5) is 22.2. The number of hydrogen-bond donors (Lipinski definition) is 1. The van der Waals surface area contributed by atoms with Crippen molar-refractivity contribution in [1.82, 2.24) is 9.80 Å². The number of halogens is 6. The van der Waals surface area contributed by atoms with E-state index in [9.17, 15) is 41.0 Å². The first kappa shape index (κ1) is 19.5. The van der Waals surface area contributed by atoms with Crippen molar-refractivity contribution in [2.75, 3.05) is 20.2 Å². The SMILES string of the molecule is COC1(C(F)(F)F)CN(C(C)=O)C(O)(C(F)(F)F)CN1C(C)=O. The van der Waals surface area contributed by atoms with Gasteiger partial charge >= 0.3 is 12.4 Å². The zero-order valence-corrected chi connectivity index (χ0v) is 12.2. The molecule has 1 N–H and O–H groups in total. The fraction of sp³-hybridized carbons (Fsp3) is 0.818. The Hall–Kier alpha value is -1.56. The standard InChI is InChI=1S/C11H14F6N2O4/c1-6(20)18-5-9(23-3,11(15,16)17)19(7(2)21)4-8(18,22)10(12,13)14/h22H,4-5H2,1-3H3. The third-order valence-electron chi connectivity index (χ3n) is 3.63. The molecule has 1 saturated heterocycles. The molecular weight excluding hydrogens is 338 g/mol. The summed E-state index contributed by atoms with van der Waals surface area (Å²) >= 11 is 0. The van der Waals surface area contributed by atoms with E-state index in [1.807, 2.05) is 0 Å². The predicted octanol–water partition coefficient (Wildman–Crippen LogP) is 0.853. The number of rotatable bonds is 1. The van der Waals surface area contributed by atoms with Crippen LogP contribution in [0.3, 0.4) is 0 Å². The third-order valence-corrected chi connectivity index (χ3v) is 3.63. The molecule has 1 aliphatic rings. The number of hydrogen-bond acceptors (Lipinski definition) is 4. The van der Waals surface area contributed by atoms with Crippen molar-refractivity contribution < 1.29 is 45.8 Å². The van der Waals surface area contributed by atoms with Crippen LogP contribution in [-0.2, 0) is 14.3 Å². The second-order valence-electron chi connectivity index (χ2n) is 5.01. The van der Waals surface area contributed by atoms with Gasteiger partial charge in [0.1, 0.15) is 0 Å². The Labute approximate surface area is 126 Å². The smallest absolute Gasteiger partial charge is 0.362 e. The van der Waals surface area contributed by atoms with Crippen molar-refractivity contribution in [2.45, 2.75) is 37.7 Å². The Morgan fingerprint density at radius 1 is 0.957 bits per heavy atom. The molecule has 23 heavy (non-hydrogen) atoms. The number of nitrogens with zero attached hydrogens (tertiary/aromatic N) is 2.